The van der Waals surface area contributed by atoms with Crippen LogP contribution in [0.2, 0.25) is 0 Å². The molecule has 1 saturated heterocycles. The van der Waals surface area contributed by atoms with Crippen LogP contribution in [0.3, 0.4) is 0 Å². The molecule has 57 heavy (non-hydrogen) atoms. The van der Waals surface area contributed by atoms with E-state index in [0.717, 1.165) is 18.7 Å². The number of amides is 1. The molecule has 2 bridgehead atoms. The fourth-order valence-electron chi connectivity index (χ4n) is 9.49. The van der Waals surface area contributed by atoms with Gasteiger partial charge in [0.1, 0.15) is 30.0 Å². The minimum Gasteiger partial charge on any atom is -0.456 e. The van der Waals surface area contributed by atoms with Gasteiger partial charge in [0.05, 0.1) is 35.6 Å². The van der Waals surface area contributed by atoms with Crippen LogP contribution in [-0.4, -0.2) is 110 Å². The van der Waals surface area contributed by atoms with Crippen LogP contribution < -0.4 is 5.32 Å². The van der Waals surface area contributed by atoms with E-state index in [4.69, 9.17) is 18.9 Å². The molecule has 1 heterocycles. The largest absolute Gasteiger partial charge is 0.456 e. The number of ketones is 1. The van der Waals surface area contributed by atoms with Gasteiger partial charge in [0, 0.05) is 30.9 Å². The van der Waals surface area contributed by atoms with Crippen LogP contribution in [-0.2, 0) is 33.3 Å². The molecule has 14 nitrogen and oxygen atoms in total. The number of rotatable bonds is 10. The van der Waals surface area contributed by atoms with E-state index in [1.165, 1.54) is 26.0 Å². The summed E-state index contributed by atoms with van der Waals surface area (Å²) in [4.78, 5) is 68.8. The summed E-state index contributed by atoms with van der Waals surface area (Å²) < 4.78 is 24.1. The third-order valence-corrected chi connectivity index (χ3v) is 13.6. The SMILES string of the molecule is CCCSC(=O)N[C@@H](c1ccccc1)[C@@H](O)C(=O)O[C@H]1C[C@@]2(O)[C@@H](OC(=O)c3ccccc3)[C@@H]3[C@]4(OC(C)=O)CO[C@@H]4C[C@H](O)[C@@]3(C)C(=O)[C@H](O)C(=C1C)C2(C)C. The summed E-state index contributed by atoms with van der Waals surface area (Å²) in [6.45, 7) is 8.82. The molecule has 2 aromatic rings. The number of benzene rings is 2. The Labute approximate surface area is 335 Å². The first-order chi connectivity index (χ1) is 26.8. The fraction of sp³-hybridized carbons (Fsp3) is 0.548. The van der Waals surface area contributed by atoms with Gasteiger partial charge in [0.25, 0.3) is 5.24 Å². The number of nitrogens with one attached hydrogen (secondary N) is 1. The van der Waals surface area contributed by atoms with Crippen molar-refractivity contribution in [1.29, 1.82) is 0 Å². The lowest BCUT2D eigenvalue weighted by atomic mass is 9.44. The van der Waals surface area contributed by atoms with Gasteiger partial charge in [-0.1, -0.05) is 81.1 Å². The van der Waals surface area contributed by atoms with Crippen molar-refractivity contribution in [1.82, 2.24) is 5.32 Å². The third kappa shape index (κ3) is 7.10. The Morgan fingerprint density at radius 1 is 1.00 bits per heavy atom. The van der Waals surface area contributed by atoms with E-state index in [-0.39, 0.29) is 29.7 Å². The lowest BCUT2D eigenvalue weighted by Gasteiger charge is -2.67. The quantitative estimate of drug-likeness (QED) is 0.132. The highest BCUT2D eigenvalue weighted by molar-refractivity contribution is 8.13. The zero-order valence-electron chi connectivity index (χ0n) is 32.8. The van der Waals surface area contributed by atoms with Crippen LogP contribution in [0.15, 0.2) is 71.8 Å². The van der Waals surface area contributed by atoms with Crippen molar-refractivity contribution < 1.29 is 63.3 Å². The Kier molecular flexibility index (Phi) is 11.9. The van der Waals surface area contributed by atoms with Gasteiger partial charge < -0.3 is 44.7 Å². The minimum absolute atomic E-state index is 0.0430. The van der Waals surface area contributed by atoms with Gasteiger partial charge in [0.15, 0.2) is 17.5 Å². The van der Waals surface area contributed by atoms with E-state index < -0.39 is 106 Å². The van der Waals surface area contributed by atoms with Gasteiger partial charge in [-0.05, 0) is 49.1 Å². The van der Waals surface area contributed by atoms with Gasteiger partial charge in [0.2, 0.25) is 0 Å². The number of aliphatic hydroxyl groups excluding tert-OH is 3. The van der Waals surface area contributed by atoms with Crippen molar-refractivity contribution in [2.24, 2.45) is 16.7 Å². The number of hydrogen-bond donors (Lipinski definition) is 5. The maximum atomic E-state index is 14.9. The highest BCUT2D eigenvalue weighted by Gasteiger charge is 2.78. The molecule has 2 aromatic carbocycles. The van der Waals surface area contributed by atoms with Crippen LogP contribution in [0.25, 0.3) is 0 Å². The summed E-state index contributed by atoms with van der Waals surface area (Å²) in [6, 6.07) is 15.0. The molecule has 2 saturated carbocycles. The van der Waals surface area contributed by atoms with Crippen molar-refractivity contribution in [2.75, 3.05) is 12.4 Å². The summed E-state index contributed by atoms with van der Waals surface area (Å²) in [5.41, 5.74) is -7.01. The Bertz CT molecular complexity index is 1920. The molecule has 308 valence electrons. The second-order valence-electron chi connectivity index (χ2n) is 16.2. The molecule has 0 unspecified atom stereocenters. The maximum Gasteiger partial charge on any atom is 0.338 e. The lowest BCUT2D eigenvalue weighted by Crippen LogP contribution is -2.81. The summed E-state index contributed by atoms with van der Waals surface area (Å²) in [5.74, 6) is -4.76. The predicted octanol–water partition coefficient (Wildman–Crippen LogP) is 3.59. The van der Waals surface area contributed by atoms with Crippen molar-refractivity contribution in [2.45, 2.75) is 115 Å². The molecule has 3 fully saturated rings. The number of fused-ring (bicyclic) bond motifs is 5. The molecule has 3 aliphatic carbocycles. The van der Waals surface area contributed by atoms with E-state index in [0.29, 0.717) is 17.7 Å². The maximum absolute atomic E-state index is 14.9. The number of Topliss-reactive ketones (excluding diaryl/α,β-unsaturated/α-hetero) is 1. The monoisotopic (exact) mass is 809 g/mol. The van der Waals surface area contributed by atoms with Crippen molar-refractivity contribution >= 4 is 40.7 Å². The Morgan fingerprint density at radius 2 is 1.63 bits per heavy atom. The highest BCUT2D eigenvalue weighted by atomic mass is 32.2. The van der Waals surface area contributed by atoms with E-state index in [1.54, 1.807) is 62.4 Å². The molecule has 0 aromatic heterocycles. The number of hydrogen-bond acceptors (Lipinski definition) is 14. The number of esters is 3. The van der Waals surface area contributed by atoms with Crippen LogP contribution >= 0.6 is 11.8 Å². The van der Waals surface area contributed by atoms with E-state index in [1.807, 2.05) is 6.92 Å². The van der Waals surface area contributed by atoms with Crippen LogP contribution in [0, 0.1) is 16.7 Å². The number of carbonyl (C=O) groups is 5. The average Bonchev–Trinajstić information content (AvgIpc) is 3.17. The second kappa shape index (κ2) is 15.9. The molecular formula is C42H51NO13S. The first kappa shape index (κ1) is 42.5. The van der Waals surface area contributed by atoms with Crippen LogP contribution in [0.5, 0.6) is 0 Å². The Balaban J connectivity index is 1.49. The van der Waals surface area contributed by atoms with Gasteiger partial charge in [-0.25, -0.2) is 9.59 Å². The third-order valence-electron chi connectivity index (χ3n) is 12.6. The predicted molar refractivity (Wildman–Crippen MR) is 206 cm³/mol. The average molecular weight is 810 g/mol. The molecule has 0 spiro atoms. The van der Waals surface area contributed by atoms with Crippen molar-refractivity contribution in [3.63, 3.8) is 0 Å². The molecule has 4 aliphatic rings. The van der Waals surface area contributed by atoms with E-state index in [9.17, 15) is 44.4 Å². The lowest BCUT2D eigenvalue weighted by molar-refractivity contribution is -0.346. The van der Waals surface area contributed by atoms with Gasteiger partial charge in [-0.3, -0.25) is 14.4 Å². The van der Waals surface area contributed by atoms with E-state index in [2.05, 4.69) is 5.32 Å². The van der Waals surface area contributed by atoms with Crippen LogP contribution in [0.4, 0.5) is 4.79 Å². The summed E-state index contributed by atoms with van der Waals surface area (Å²) in [5, 5.41) is 51.2. The normalized spacial score (nSPS) is 33.8. The topological polar surface area (TPSA) is 215 Å². The zero-order valence-corrected chi connectivity index (χ0v) is 33.6. The molecule has 5 N–H and O–H groups in total. The smallest absolute Gasteiger partial charge is 0.338 e. The number of carbonyl (C=O) groups excluding carboxylic acids is 5. The van der Waals surface area contributed by atoms with Gasteiger partial charge >= 0.3 is 17.9 Å². The summed E-state index contributed by atoms with van der Waals surface area (Å²) in [6.07, 6.45) is -9.63. The number of aliphatic hydroxyl groups is 4. The molecule has 1 aliphatic heterocycles. The molecule has 1 amide bonds. The Morgan fingerprint density at radius 3 is 2.21 bits per heavy atom. The standard InChI is InChI=1S/C42H51NO13S/c1-7-18-57-38(51)43-30(24-14-10-8-11-15-24)32(47)37(50)54-26-20-42(52)35(55-36(49)25-16-12-9-13-17-25)33-40(6,34(48)31(46)29(22(26)2)39(42,4)5)27(45)19-28-41(33,21-53-28)56-23(3)44/h8-17,26-28,30-33,35,45-47,52H,7,18-21H2,1-6H3,(H,43,51)/t26-,27-,28+,30-,31+,32+,33-,35-,40+,41-,42+/m0/s1. The van der Waals surface area contributed by atoms with Gasteiger partial charge in [-0.15, -0.1) is 0 Å². The first-order valence-corrected chi connectivity index (χ1v) is 20.1. The molecular weight excluding hydrogens is 759 g/mol. The highest BCUT2D eigenvalue weighted by Crippen LogP contribution is 2.64. The van der Waals surface area contributed by atoms with Crippen molar-refractivity contribution in [3.8, 4) is 0 Å². The van der Waals surface area contributed by atoms with E-state index >= 15 is 0 Å². The number of ether oxygens (including phenoxy) is 4. The van der Waals surface area contributed by atoms with Gasteiger partial charge in [-0.2, -0.15) is 0 Å². The summed E-state index contributed by atoms with van der Waals surface area (Å²) >= 11 is 0.987. The summed E-state index contributed by atoms with van der Waals surface area (Å²) in [7, 11) is 0. The molecule has 6 rings (SSSR count). The zero-order chi connectivity index (χ0) is 41.7. The van der Waals surface area contributed by atoms with Crippen LogP contribution in [0.1, 0.15) is 82.8 Å². The fourth-order valence-corrected chi connectivity index (χ4v) is 10.1. The molecule has 0 radical (unpaired) electrons. The molecule has 11 atom stereocenters. The number of thioether (sulfide) groups is 1. The Hall–Kier alpha value is -4.12. The molecule has 15 heteroatoms. The minimum atomic E-state index is -2.33. The second-order valence-corrected chi connectivity index (χ2v) is 17.3. The van der Waals surface area contributed by atoms with Crippen molar-refractivity contribution in [3.05, 3.63) is 82.9 Å². The first-order valence-electron chi connectivity index (χ1n) is 19.1.